The molecule has 0 unspecified atom stereocenters. The second-order valence-corrected chi connectivity index (χ2v) is 9.23. The van der Waals surface area contributed by atoms with Gasteiger partial charge in [-0.1, -0.05) is 23.4 Å². The Balaban J connectivity index is 1.56. The molecular weight excluding hydrogens is 521 g/mol. The number of rotatable bonds is 9. The molecule has 0 bridgehead atoms. The molecule has 0 atom stereocenters. The number of hydrogen-bond donors (Lipinski definition) is 1. The Hall–Kier alpha value is -3.76. The zero-order valence-corrected chi connectivity index (χ0v) is 21.8. The summed E-state index contributed by atoms with van der Waals surface area (Å²) in [6.45, 7) is 0. The van der Waals surface area contributed by atoms with Gasteiger partial charge in [0.15, 0.2) is 16.7 Å². The largest absolute Gasteiger partial charge is 0.493 e. The van der Waals surface area contributed by atoms with Crippen LogP contribution in [0.4, 0.5) is 10.1 Å². The summed E-state index contributed by atoms with van der Waals surface area (Å²) in [6.07, 6.45) is 0.124. The average molecular weight is 544 g/mol. The molecule has 1 amide bonds. The molecule has 3 aromatic carbocycles. The van der Waals surface area contributed by atoms with Gasteiger partial charge in [-0.15, -0.1) is 0 Å². The second-order valence-electron chi connectivity index (χ2n) is 7.73. The number of nitrogens with zero attached hydrogens (tertiary/aromatic N) is 2. The molecule has 0 radical (unpaired) electrons. The third kappa shape index (κ3) is 5.81. The predicted molar refractivity (Wildman–Crippen MR) is 142 cm³/mol. The van der Waals surface area contributed by atoms with Gasteiger partial charge in [-0.3, -0.25) is 14.2 Å². The molecule has 1 heterocycles. The first-order valence-corrected chi connectivity index (χ1v) is 12.4. The van der Waals surface area contributed by atoms with Gasteiger partial charge in [0.25, 0.3) is 5.56 Å². The molecule has 0 saturated heterocycles. The normalized spacial score (nSPS) is 10.8. The lowest BCUT2D eigenvalue weighted by Crippen LogP contribution is -2.22. The summed E-state index contributed by atoms with van der Waals surface area (Å²) < 4.78 is 30.9. The Kier molecular flexibility index (Phi) is 8.20. The van der Waals surface area contributed by atoms with Crippen molar-refractivity contribution in [2.75, 3.05) is 32.4 Å². The van der Waals surface area contributed by atoms with Crippen LogP contribution in [0, 0.1) is 5.82 Å². The number of fused-ring (bicyclic) bond motifs is 1. The lowest BCUT2D eigenvalue weighted by atomic mass is 10.2. The standard InChI is InChI=1S/C26H23ClFN3O5S/c1-34-21-13-17(14-22(35-2)24(21)36-3)29-23(32)10-11-37-26-30-20-9-4-15(27)12-19(20)25(33)31(26)18-7-5-16(28)6-8-18/h4-9,12-14H,10-11H2,1-3H3,(H,29,32). The summed E-state index contributed by atoms with van der Waals surface area (Å²) in [5.74, 6) is 0.881. The summed E-state index contributed by atoms with van der Waals surface area (Å²) in [5.41, 5.74) is 1.05. The van der Waals surface area contributed by atoms with E-state index in [0.29, 0.717) is 55.5 Å². The lowest BCUT2D eigenvalue weighted by Gasteiger charge is -2.15. The van der Waals surface area contributed by atoms with Gasteiger partial charge in [0.2, 0.25) is 11.7 Å². The molecule has 4 rings (SSSR count). The van der Waals surface area contributed by atoms with E-state index >= 15 is 0 Å². The quantitative estimate of drug-likeness (QED) is 0.225. The van der Waals surface area contributed by atoms with Crippen LogP contribution in [0.5, 0.6) is 17.2 Å². The van der Waals surface area contributed by atoms with E-state index in [9.17, 15) is 14.0 Å². The summed E-state index contributed by atoms with van der Waals surface area (Å²) in [5, 5.41) is 3.92. The number of ether oxygens (including phenoxy) is 3. The van der Waals surface area contributed by atoms with Crippen LogP contribution in [0.15, 0.2) is 64.5 Å². The number of amides is 1. The van der Waals surface area contributed by atoms with Gasteiger partial charge >= 0.3 is 0 Å². The van der Waals surface area contributed by atoms with Crippen LogP contribution < -0.4 is 25.1 Å². The van der Waals surface area contributed by atoms with E-state index < -0.39 is 5.82 Å². The van der Waals surface area contributed by atoms with Crippen molar-refractivity contribution in [1.82, 2.24) is 9.55 Å². The lowest BCUT2D eigenvalue weighted by molar-refractivity contribution is -0.115. The minimum absolute atomic E-state index is 0.124. The number of benzene rings is 3. The van der Waals surface area contributed by atoms with Crippen molar-refractivity contribution < 1.29 is 23.4 Å². The third-order valence-corrected chi connectivity index (χ3v) is 6.57. The van der Waals surface area contributed by atoms with Crippen molar-refractivity contribution in [3.05, 3.63) is 75.8 Å². The van der Waals surface area contributed by atoms with E-state index in [-0.39, 0.29) is 17.9 Å². The number of anilines is 1. The topological polar surface area (TPSA) is 91.7 Å². The highest BCUT2D eigenvalue weighted by Gasteiger charge is 2.17. The highest BCUT2D eigenvalue weighted by atomic mass is 35.5. The van der Waals surface area contributed by atoms with E-state index in [1.165, 1.54) is 61.9 Å². The molecule has 0 saturated carbocycles. The van der Waals surface area contributed by atoms with E-state index in [4.69, 9.17) is 25.8 Å². The van der Waals surface area contributed by atoms with Crippen molar-refractivity contribution >= 4 is 45.9 Å². The number of halogens is 2. The highest BCUT2D eigenvalue weighted by molar-refractivity contribution is 7.99. The maximum Gasteiger partial charge on any atom is 0.266 e. The van der Waals surface area contributed by atoms with Crippen molar-refractivity contribution in [1.29, 1.82) is 0 Å². The van der Waals surface area contributed by atoms with E-state index in [0.717, 1.165) is 0 Å². The average Bonchev–Trinajstić information content (AvgIpc) is 2.89. The highest BCUT2D eigenvalue weighted by Crippen LogP contribution is 2.40. The van der Waals surface area contributed by atoms with Crippen LogP contribution in [0.1, 0.15) is 6.42 Å². The summed E-state index contributed by atoms with van der Waals surface area (Å²) in [7, 11) is 4.48. The number of thioether (sulfide) groups is 1. The monoisotopic (exact) mass is 543 g/mol. The maximum absolute atomic E-state index is 13.5. The van der Waals surface area contributed by atoms with Crippen LogP contribution in [0.2, 0.25) is 5.02 Å². The first kappa shape index (κ1) is 26.3. The smallest absolute Gasteiger partial charge is 0.266 e. The molecule has 0 fully saturated rings. The van der Waals surface area contributed by atoms with Crippen LogP contribution in [0.3, 0.4) is 0 Å². The number of methoxy groups -OCH3 is 3. The number of nitrogens with one attached hydrogen (secondary N) is 1. The number of carbonyl (C=O) groups is 1. The van der Waals surface area contributed by atoms with E-state index in [1.54, 1.807) is 30.3 Å². The molecule has 1 aromatic heterocycles. The molecule has 192 valence electrons. The van der Waals surface area contributed by atoms with Gasteiger partial charge in [-0.2, -0.15) is 0 Å². The second kappa shape index (κ2) is 11.5. The Morgan fingerprint density at radius 1 is 1.03 bits per heavy atom. The molecule has 4 aromatic rings. The molecular formula is C26H23ClFN3O5S. The van der Waals surface area contributed by atoms with Crippen LogP contribution in [-0.2, 0) is 4.79 Å². The molecule has 1 N–H and O–H groups in total. The molecule has 37 heavy (non-hydrogen) atoms. The summed E-state index contributed by atoms with van der Waals surface area (Å²) in [4.78, 5) is 30.6. The zero-order chi connectivity index (χ0) is 26.5. The Morgan fingerprint density at radius 2 is 1.70 bits per heavy atom. The first-order valence-electron chi connectivity index (χ1n) is 11.1. The van der Waals surface area contributed by atoms with Crippen LogP contribution >= 0.6 is 23.4 Å². The molecule has 0 aliphatic heterocycles. The van der Waals surface area contributed by atoms with Gasteiger partial charge in [0, 0.05) is 35.0 Å². The third-order valence-electron chi connectivity index (χ3n) is 5.39. The molecule has 8 nitrogen and oxygen atoms in total. The number of hydrogen-bond acceptors (Lipinski definition) is 7. The van der Waals surface area contributed by atoms with Crippen molar-refractivity contribution in [3.8, 4) is 22.9 Å². The number of aromatic nitrogens is 2. The van der Waals surface area contributed by atoms with Crippen molar-refractivity contribution in [3.63, 3.8) is 0 Å². The SMILES string of the molecule is COc1cc(NC(=O)CCSc2nc3ccc(Cl)cc3c(=O)n2-c2ccc(F)cc2)cc(OC)c1OC. The van der Waals surface area contributed by atoms with Crippen molar-refractivity contribution in [2.45, 2.75) is 11.6 Å². The Morgan fingerprint density at radius 3 is 2.32 bits per heavy atom. The van der Waals surface area contributed by atoms with Crippen LogP contribution in [-0.4, -0.2) is 42.5 Å². The fourth-order valence-electron chi connectivity index (χ4n) is 3.66. The van der Waals surface area contributed by atoms with Crippen molar-refractivity contribution in [2.24, 2.45) is 0 Å². The van der Waals surface area contributed by atoms with Crippen LogP contribution in [0.25, 0.3) is 16.6 Å². The molecule has 0 aliphatic carbocycles. The summed E-state index contributed by atoms with van der Waals surface area (Å²) >= 11 is 7.33. The van der Waals surface area contributed by atoms with E-state index in [2.05, 4.69) is 10.3 Å². The molecule has 0 spiro atoms. The Labute approximate surface area is 221 Å². The molecule has 0 aliphatic rings. The Bertz CT molecular complexity index is 1490. The maximum atomic E-state index is 13.5. The fraction of sp³-hybridized carbons (Fsp3) is 0.192. The fourth-order valence-corrected chi connectivity index (χ4v) is 4.79. The first-order chi connectivity index (χ1) is 17.8. The van der Waals surface area contributed by atoms with Gasteiger partial charge in [-0.05, 0) is 42.5 Å². The minimum Gasteiger partial charge on any atom is -0.493 e. The van der Waals surface area contributed by atoms with E-state index in [1.807, 2.05) is 0 Å². The zero-order valence-electron chi connectivity index (χ0n) is 20.2. The van der Waals surface area contributed by atoms with Gasteiger partial charge in [0.05, 0.1) is 37.9 Å². The molecule has 11 heteroatoms. The van der Waals surface area contributed by atoms with Gasteiger partial charge in [0.1, 0.15) is 5.82 Å². The number of carbonyl (C=O) groups excluding carboxylic acids is 1. The minimum atomic E-state index is -0.425. The van der Waals surface area contributed by atoms with Gasteiger partial charge < -0.3 is 19.5 Å². The van der Waals surface area contributed by atoms with Gasteiger partial charge in [-0.25, -0.2) is 9.37 Å². The summed E-state index contributed by atoms with van der Waals surface area (Å²) in [6, 6.07) is 13.7. The predicted octanol–water partition coefficient (Wildman–Crippen LogP) is 5.32.